The zero-order valence-electron chi connectivity index (χ0n) is 21.1. The third kappa shape index (κ3) is 3.76. The number of halogens is 1. The SMILES string of the molecule is CCOC(=O)c1c(-c2cnn(CC34CC5CC(CC(C5)C3)C4)c2C)nn2c(-c3ccc(Br)nc3)coc12. The quantitative estimate of drug-likeness (QED) is 0.201. The van der Waals surface area contributed by atoms with E-state index >= 15 is 0 Å². The Labute approximate surface area is 223 Å². The van der Waals surface area contributed by atoms with Crippen molar-refractivity contribution in [2.24, 2.45) is 23.2 Å². The lowest BCUT2D eigenvalue weighted by molar-refractivity contribution is -0.0638. The number of pyridine rings is 1. The van der Waals surface area contributed by atoms with Gasteiger partial charge in [0.2, 0.25) is 5.71 Å². The molecule has 192 valence electrons. The number of nitrogens with zero attached hydrogens (tertiary/aromatic N) is 5. The predicted molar refractivity (Wildman–Crippen MR) is 141 cm³/mol. The van der Waals surface area contributed by atoms with Gasteiger partial charge in [-0.25, -0.2) is 9.78 Å². The van der Waals surface area contributed by atoms with Gasteiger partial charge in [0.25, 0.3) is 0 Å². The molecule has 37 heavy (non-hydrogen) atoms. The minimum absolute atomic E-state index is 0.268. The van der Waals surface area contributed by atoms with Crippen LogP contribution in [0.5, 0.6) is 0 Å². The van der Waals surface area contributed by atoms with Crippen LogP contribution < -0.4 is 0 Å². The highest BCUT2D eigenvalue weighted by Crippen LogP contribution is 2.60. The summed E-state index contributed by atoms with van der Waals surface area (Å²) in [6.07, 6.45) is 13.4. The van der Waals surface area contributed by atoms with Crippen LogP contribution in [0.15, 0.2) is 39.8 Å². The Morgan fingerprint density at radius 2 is 1.89 bits per heavy atom. The first kappa shape index (κ1) is 23.2. The summed E-state index contributed by atoms with van der Waals surface area (Å²) in [5.74, 6) is 2.23. The van der Waals surface area contributed by atoms with Crippen LogP contribution in [0.2, 0.25) is 0 Å². The summed E-state index contributed by atoms with van der Waals surface area (Å²) in [5.41, 5.74) is 5.00. The van der Waals surface area contributed by atoms with E-state index in [1.165, 1.54) is 38.5 Å². The van der Waals surface area contributed by atoms with E-state index in [4.69, 9.17) is 19.4 Å². The number of esters is 1. The van der Waals surface area contributed by atoms with Crippen LogP contribution in [0.1, 0.15) is 61.5 Å². The van der Waals surface area contributed by atoms with Crippen LogP contribution in [-0.4, -0.2) is 37.0 Å². The summed E-state index contributed by atoms with van der Waals surface area (Å²) in [5, 5.41) is 9.70. The van der Waals surface area contributed by atoms with Crippen LogP contribution in [0.3, 0.4) is 0 Å². The molecular weight excluding hydrogens is 534 g/mol. The van der Waals surface area contributed by atoms with Gasteiger partial charge in [0.1, 0.15) is 22.3 Å². The molecule has 0 amide bonds. The Morgan fingerprint density at radius 3 is 2.54 bits per heavy atom. The van der Waals surface area contributed by atoms with Gasteiger partial charge < -0.3 is 9.15 Å². The zero-order chi connectivity index (χ0) is 25.3. The molecule has 0 atom stereocenters. The number of hydrogen-bond acceptors (Lipinski definition) is 6. The molecule has 4 aromatic heterocycles. The van der Waals surface area contributed by atoms with E-state index in [-0.39, 0.29) is 6.61 Å². The first-order chi connectivity index (χ1) is 17.9. The van der Waals surface area contributed by atoms with Crippen molar-refractivity contribution in [2.45, 2.75) is 58.9 Å². The van der Waals surface area contributed by atoms with Crippen molar-refractivity contribution < 1.29 is 13.9 Å². The maximum atomic E-state index is 13.1. The van der Waals surface area contributed by atoms with Crippen LogP contribution in [0.4, 0.5) is 0 Å². The van der Waals surface area contributed by atoms with Gasteiger partial charge in [0.05, 0.1) is 12.8 Å². The van der Waals surface area contributed by atoms with E-state index in [1.807, 2.05) is 18.3 Å². The molecule has 0 unspecified atom stereocenters. The second kappa shape index (κ2) is 8.55. The topological polar surface area (TPSA) is 87.5 Å². The van der Waals surface area contributed by atoms with E-state index in [0.29, 0.717) is 28.1 Å². The molecule has 0 N–H and O–H groups in total. The molecule has 0 radical (unpaired) electrons. The van der Waals surface area contributed by atoms with Gasteiger partial charge in [-0.3, -0.25) is 4.68 Å². The number of oxazole rings is 1. The predicted octanol–water partition coefficient (Wildman–Crippen LogP) is 6.32. The minimum atomic E-state index is -0.449. The third-order valence-electron chi connectivity index (χ3n) is 8.86. The highest BCUT2D eigenvalue weighted by Gasteiger charge is 2.51. The van der Waals surface area contributed by atoms with Gasteiger partial charge in [-0.15, -0.1) is 0 Å². The summed E-state index contributed by atoms with van der Waals surface area (Å²) in [4.78, 5) is 17.5. The smallest absolute Gasteiger partial charge is 0.346 e. The fraction of sp³-hybridized carbons (Fsp3) is 0.500. The molecule has 8 rings (SSSR count). The standard InChI is InChI=1S/C28H30BrN5O3/c1-3-36-27(35)24-25(32-34-22(14-37-26(24)34)20-4-5-23(29)30-12-20)21-13-31-33(16(21)2)15-28-9-17-6-18(10-28)8-19(7-17)11-28/h4-5,12-14,17-19H,3,6-11,15H2,1-2H3. The van der Waals surface area contributed by atoms with E-state index in [0.717, 1.165) is 45.7 Å². The van der Waals surface area contributed by atoms with Crippen molar-refractivity contribution in [1.29, 1.82) is 0 Å². The summed E-state index contributed by atoms with van der Waals surface area (Å²) < 4.78 is 15.9. The maximum absolute atomic E-state index is 13.1. The van der Waals surface area contributed by atoms with Crippen molar-refractivity contribution in [3.05, 3.63) is 46.7 Å². The summed E-state index contributed by atoms with van der Waals surface area (Å²) in [7, 11) is 0. The van der Waals surface area contributed by atoms with Gasteiger partial charge >= 0.3 is 5.97 Å². The molecule has 0 spiro atoms. The minimum Gasteiger partial charge on any atom is -0.462 e. The number of carbonyl (C=O) groups excluding carboxylic acids is 1. The second-order valence-corrected chi connectivity index (χ2v) is 12.2. The third-order valence-corrected chi connectivity index (χ3v) is 9.33. The molecule has 0 saturated heterocycles. The molecule has 9 heteroatoms. The molecule has 4 aliphatic carbocycles. The fourth-order valence-corrected chi connectivity index (χ4v) is 8.00. The molecule has 0 aromatic carbocycles. The molecule has 4 fully saturated rings. The van der Waals surface area contributed by atoms with E-state index in [2.05, 4.69) is 32.5 Å². The monoisotopic (exact) mass is 563 g/mol. The molecule has 4 aromatic rings. The van der Waals surface area contributed by atoms with Gasteiger partial charge in [0.15, 0.2) is 5.56 Å². The Balaban J connectivity index is 1.29. The fourth-order valence-electron chi connectivity index (χ4n) is 7.77. The normalized spacial score (nSPS) is 26.3. The average molecular weight is 564 g/mol. The summed E-state index contributed by atoms with van der Waals surface area (Å²) in [6.45, 7) is 5.09. The molecule has 4 bridgehead atoms. The van der Waals surface area contributed by atoms with Gasteiger partial charge in [-0.05, 0) is 104 Å². The van der Waals surface area contributed by atoms with Crippen molar-refractivity contribution in [1.82, 2.24) is 24.4 Å². The molecule has 4 saturated carbocycles. The van der Waals surface area contributed by atoms with E-state index in [1.54, 1.807) is 23.9 Å². The number of ether oxygens (including phenoxy) is 1. The van der Waals surface area contributed by atoms with Crippen LogP contribution >= 0.6 is 15.9 Å². The number of hydrogen-bond donors (Lipinski definition) is 0. The average Bonchev–Trinajstić information content (AvgIpc) is 3.52. The van der Waals surface area contributed by atoms with Gasteiger partial charge in [-0.2, -0.15) is 14.7 Å². The van der Waals surface area contributed by atoms with Crippen molar-refractivity contribution >= 4 is 27.6 Å². The summed E-state index contributed by atoms with van der Waals surface area (Å²) in [6, 6.07) is 3.80. The Hall–Kier alpha value is -2.94. The molecule has 4 aliphatic rings. The lowest BCUT2D eigenvalue weighted by Crippen LogP contribution is -2.48. The Morgan fingerprint density at radius 1 is 1.16 bits per heavy atom. The molecular formula is C28H30BrN5O3. The van der Waals surface area contributed by atoms with Crippen LogP contribution in [0, 0.1) is 30.1 Å². The first-order valence-corrected chi connectivity index (χ1v) is 14.0. The Bertz CT molecular complexity index is 1460. The van der Waals surface area contributed by atoms with Crippen LogP contribution in [-0.2, 0) is 11.3 Å². The number of carbonyl (C=O) groups is 1. The van der Waals surface area contributed by atoms with Crippen molar-refractivity contribution in [2.75, 3.05) is 6.61 Å². The van der Waals surface area contributed by atoms with Gasteiger partial charge in [-0.1, -0.05) is 0 Å². The zero-order valence-corrected chi connectivity index (χ0v) is 22.7. The molecule has 8 nitrogen and oxygen atoms in total. The van der Waals surface area contributed by atoms with Gasteiger partial charge in [0, 0.05) is 29.6 Å². The highest BCUT2D eigenvalue weighted by molar-refractivity contribution is 9.10. The number of fused-ring (bicyclic) bond motifs is 1. The highest BCUT2D eigenvalue weighted by atomic mass is 79.9. The number of rotatable bonds is 6. The van der Waals surface area contributed by atoms with Crippen LogP contribution in [0.25, 0.3) is 28.2 Å². The Kier molecular flexibility index (Phi) is 5.36. The number of aromatic nitrogens is 5. The summed E-state index contributed by atoms with van der Waals surface area (Å²) >= 11 is 3.38. The largest absolute Gasteiger partial charge is 0.462 e. The van der Waals surface area contributed by atoms with Crippen molar-refractivity contribution in [3.63, 3.8) is 0 Å². The maximum Gasteiger partial charge on any atom is 0.346 e. The van der Waals surface area contributed by atoms with E-state index < -0.39 is 5.97 Å². The second-order valence-electron chi connectivity index (χ2n) is 11.4. The first-order valence-electron chi connectivity index (χ1n) is 13.2. The van der Waals surface area contributed by atoms with E-state index in [9.17, 15) is 4.79 Å². The van der Waals surface area contributed by atoms with Crippen molar-refractivity contribution in [3.8, 4) is 22.5 Å². The molecule has 4 heterocycles. The lowest BCUT2D eigenvalue weighted by Gasteiger charge is -2.56. The molecule has 0 aliphatic heterocycles. The lowest BCUT2D eigenvalue weighted by atomic mass is 9.49.